The molecule has 1 saturated heterocycles. The van der Waals surface area contributed by atoms with Crippen LogP contribution in [0.2, 0.25) is 0 Å². The van der Waals surface area contributed by atoms with Gasteiger partial charge in [0, 0.05) is 9.75 Å². The summed E-state index contributed by atoms with van der Waals surface area (Å²) in [4.78, 5) is 2.30. The summed E-state index contributed by atoms with van der Waals surface area (Å²) in [7, 11) is 0. The van der Waals surface area contributed by atoms with E-state index in [0.717, 1.165) is 21.3 Å². The fourth-order valence-electron chi connectivity index (χ4n) is 2.50. The molecule has 4 nitrogen and oxygen atoms in total. The molecule has 2 unspecified atom stereocenters. The Labute approximate surface area is 111 Å². The third kappa shape index (κ3) is 2.00. The van der Waals surface area contributed by atoms with Gasteiger partial charge in [-0.1, -0.05) is 0 Å². The third-order valence-corrected chi connectivity index (χ3v) is 4.20. The topological polar surface area (TPSA) is 36.9 Å². The predicted octanol–water partition coefficient (Wildman–Crippen LogP) is 2.66. The van der Waals surface area contributed by atoms with Crippen LogP contribution in [0, 0.1) is 13.8 Å². The lowest BCUT2D eigenvalue weighted by atomic mass is 10.2. The van der Waals surface area contributed by atoms with Crippen LogP contribution >= 0.6 is 11.3 Å². The first-order chi connectivity index (χ1) is 8.46. The number of ether oxygens (including phenoxy) is 4. The summed E-state index contributed by atoms with van der Waals surface area (Å²) in [5.74, 6) is 1.18. The molecule has 1 aromatic rings. The molecule has 0 aliphatic carbocycles. The summed E-state index contributed by atoms with van der Waals surface area (Å²) >= 11 is 1.70. The fraction of sp³-hybridized carbons (Fsp3) is 0.692. The van der Waals surface area contributed by atoms with Crippen LogP contribution in [-0.2, 0) is 9.47 Å². The second kappa shape index (κ2) is 4.11. The summed E-state index contributed by atoms with van der Waals surface area (Å²) in [6.45, 7) is 8.97. The van der Waals surface area contributed by atoms with Crippen LogP contribution in [-0.4, -0.2) is 31.2 Å². The standard InChI is InChI=1S/C13H18O4S/c1-7-11-12(8(2)18-7)15-6-10-9(5-14-11)16-13(3,4)17-10/h9-10H,5-6H2,1-4H3. The van der Waals surface area contributed by atoms with Crippen molar-refractivity contribution in [3.63, 3.8) is 0 Å². The lowest BCUT2D eigenvalue weighted by molar-refractivity contribution is -0.149. The molecule has 0 N–H and O–H groups in total. The lowest BCUT2D eigenvalue weighted by Crippen LogP contribution is -2.35. The average Bonchev–Trinajstić information content (AvgIpc) is 2.67. The van der Waals surface area contributed by atoms with Gasteiger partial charge in [-0.15, -0.1) is 11.3 Å². The molecule has 0 amide bonds. The van der Waals surface area contributed by atoms with Crippen molar-refractivity contribution in [3.8, 4) is 11.5 Å². The van der Waals surface area contributed by atoms with Gasteiger partial charge in [0.25, 0.3) is 0 Å². The summed E-state index contributed by atoms with van der Waals surface area (Å²) in [5.41, 5.74) is 0. The molecule has 3 heterocycles. The summed E-state index contributed by atoms with van der Waals surface area (Å²) < 4.78 is 23.4. The van der Waals surface area contributed by atoms with E-state index < -0.39 is 5.79 Å². The molecule has 2 aliphatic heterocycles. The molecule has 3 rings (SSSR count). The second-order valence-electron chi connectivity index (χ2n) is 5.21. The van der Waals surface area contributed by atoms with Crippen molar-refractivity contribution in [3.05, 3.63) is 9.75 Å². The minimum absolute atomic E-state index is 0.0623. The normalized spacial score (nSPS) is 29.6. The van der Waals surface area contributed by atoms with Crippen LogP contribution in [0.25, 0.3) is 0 Å². The first kappa shape index (κ1) is 12.3. The smallest absolute Gasteiger partial charge is 0.175 e. The molecular formula is C13H18O4S. The van der Waals surface area contributed by atoms with E-state index in [2.05, 4.69) is 13.8 Å². The number of hydrogen-bond donors (Lipinski definition) is 0. The Kier molecular flexibility index (Phi) is 2.80. The highest BCUT2D eigenvalue weighted by Crippen LogP contribution is 2.43. The highest BCUT2D eigenvalue weighted by Gasteiger charge is 2.43. The van der Waals surface area contributed by atoms with Gasteiger partial charge in [0.1, 0.15) is 25.4 Å². The first-order valence-electron chi connectivity index (χ1n) is 6.17. The maximum absolute atomic E-state index is 5.87. The number of fused-ring (bicyclic) bond motifs is 2. The molecule has 18 heavy (non-hydrogen) atoms. The molecule has 0 radical (unpaired) electrons. The van der Waals surface area contributed by atoms with E-state index in [1.165, 1.54) is 0 Å². The number of thiophene rings is 1. The SMILES string of the molecule is Cc1sc(C)c2c1OCC1OC(C)(C)OC1CO2. The maximum atomic E-state index is 5.87. The Morgan fingerprint density at radius 3 is 1.83 bits per heavy atom. The van der Waals surface area contributed by atoms with Crippen molar-refractivity contribution in [2.75, 3.05) is 13.2 Å². The van der Waals surface area contributed by atoms with E-state index in [1.54, 1.807) is 11.3 Å². The van der Waals surface area contributed by atoms with Gasteiger partial charge in [0.2, 0.25) is 0 Å². The number of rotatable bonds is 0. The maximum Gasteiger partial charge on any atom is 0.175 e. The highest BCUT2D eigenvalue weighted by molar-refractivity contribution is 7.12. The van der Waals surface area contributed by atoms with E-state index >= 15 is 0 Å². The van der Waals surface area contributed by atoms with Crippen molar-refractivity contribution in [2.24, 2.45) is 0 Å². The van der Waals surface area contributed by atoms with Gasteiger partial charge in [-0.3, -0.25) is 0 Å². The second-order valence-corrected chi connectivity index (χ2v) is 6.64. The molecular weight excluding hydrogens is 252 g/mol. The third-order valence-electron chi connectivity index (χ3n) is 3.22. The summed E-state index contributed by atoms with van der Waals surface area (Å²) in [6, 6.07) is 0. The number of aryl methyl sites for hydroxylation is 2. The molecule has 2 atom stereocenters. The zero-order valence-electron chi connectivity index (χ0n) is 11.1. The Morgan fingerprint density at radius 2 is 1.39 bits per heavy atom. The van der Waals surface area contributed by atoms with Crippen LogP contribution < -0.4 is 9.47 Å². The van der Waals surface area contributed by atoms with Crippen molar-refractivity contribution >= 4 is 11.3 Å². The Morgan fingerprint density at radius 1 is 0.944 bits per heavy atom. The van der Waals surface area contributed by atoms with E-state index in [-0.39, 0.29) is 12.2 Å². The lowest BCUT2D eigenvalue weighted by Gasteiger charge is -2.22. The summed E-state index contributed by atoms with van der Waals surface area (Å²) in [6.07, 6.45) is -0.125. The highest BCUT2D eigenvalue weighted by atomic mass is 32.1. The van der Waals surface area contributed by atoms with Gasteiger partial charge in [0.15, 0.2) is 17.3 Å². The monoisotopic (exact) mass is 270 g/mol. The Bertz CT molecular complexity index is 427. The van der Waals surface area contributed by atoms with Crippen LogP contribution in [0.4, 0.5) is 0 Å². The quantitative estimate of drug-likeness (QED) is 0.726. The minimum atomic E-state index is -0.552. The fourth-order valence-corrected chi connectivity index (χ4v) is 3.45. The average molecular weight is 270 g/mol. The molecule has 0 bridgehead atoms. The van der Waals surface area contributed by atoms with Gasteiger partial charge in [0.05, 0.1) is 0 Å². The van der Waals surface area contributed by atoms with Crippen LogP contribution in [0.15, 0.2) is 0 Å². The van der Waals surface area contributed by atoms with Crippen LogP contribution in [0.3, 0.4) is 0 Å². The molecule has 0 aromatic carbocycles. The molecule has 2 aliphatic rings. The zero-order chi connectivity index (χ0) is 12.9. The molecule has 1 fully saturated rings. The van der Waals surface area contributed by atoms with Gasteiger partial charge >= 0.3 is 0 Å². The first-order valence-corrected chi connectivity index (χ1v) is 6.99. The van der Waals surface area contributed by atoms with E-state index in [0.29, 0.717) is 13.2 Å². The molecule has 0 saturated carbocycles. The van der Waals surface area contributed by atoms with Crippen molar-refractivity contribution in [1.82, 2.24) is 0 Å². The Balaban J connectivity index is 1.86. The Hall–Kier alpha value is -0.780. The van der Waals surface area contributed by atoms with Crippen LogP contribution in [0.5, 0.6) is 11.5 Å². The number of hydrogen-bond acceptors (Lipinski definition) is 5. The molecule has 100 valence electrons. The van der Waals surface area contributed by atoms with Gasteiger partial charge in [-0.05, 0) is 27.7 Å². The summed E-state index contributed by atoms with van der Waals surface area (Å²) in [5, 5.41) is 0. The van der Waals surface area contributed by atoms with Crippen molar-refractivity contribution in [2.45, 2.75) is 45.7 Å². The molecule has 1 aromatic heterocycles. The van der Waals surface area contributed by atoms with Crippen molar-refractivity contribution < 1.29 is 18.9 Å². The zero-order valence-corrected chi connectivity index (χ0v) is 11.9. The molecule has 0 spiro atoms. The molecule has 5 heteroatoms. The van der Waals surface area contributed by atoms with Gasteiger partial charge < -0.3 is 18.9 Å². The van der Waals surface area contributed by atoms with Crippen LogP contribution in [0.1, 0.15) is 23.6 Å². The van der Waals surface area contributed by atoms with Crippen molar-refractivity contribution in [1.29, 1.82) is 0 Å². The predicted molar refractivity (Wildman–Crippen MR) is 68.6 cm³/mol. The van der Waals surface area contributed by atoms with E-state index in [9.17, 15) is 0 Å². The van der Waals surface area contributed by atoms with Gasteiger partial charge in [-0.25, -0.2) is 0 Å². The minimum Gasteiger partial charge on any atom is -0.486 e. The largest absolute Gasteiger partial charge is 0.486 e. The van der Waals surface area contributed by atoms with E-state index in [4.69, 9.17) is 18.9 Å². The van der Waals surface area contributed by atoms with Gasteiger partial charge in [-0.2, -0.15) is 0 Å². The van der Waals surface area contributed by atoms with E-state index in [1.807, 2.05) is 13.8 Å².